The summed E-state index contributed by atoms with van der Waals surface area (Å²) >= 11 is 1.82. The number of nitrogens with zero attached hydrogens (tertiary/aromatic N) is 1. The average Bonchev–Trinajstić information content (AvgIpc) is 2.60. The van der Waals surface area contributed by atoms with E-state index in [4.69, 9.17) is 0 Å². The van der Waals surface area contributed by atoms with Crippen LogP contribution in [0.5, 0.6) is 0 Å². The molecule has 1 fully saturated rings. The van der Waals surface area contributed by atoms with Crippen molar-refractivity contribution in [2.24, 2.45) is 0 Å². The zero-order valence-electron chi connectivity index (χ0n) is 14.1. The number of benzene rings is 2. The maximum Gasteiger partial charge on any atom is 0.159 e. The highest BCUT2D eigenvalue weighted by atomic mass is 32.2. The van der Waals surface area contributed by atoms with Crippen molar-refractivity contribution in [1.29, 1.82) is 0 Å². The van der Waals surface area contributed by atoms with Crippen LogP contribution in [0.2, 0.25) is 0 Å². The Kier molecular flexibility index (Phi) is 4.07. The standard InChI is InChI=1S/C21H21NOS/c1-14(23)16-7-8-20-18(13-16)21(15-9-11-22(2)12-10-15)17-5-3-4-6-19(17)24-20/h3-8,13H,9-12H2,1-2H3. The van der Waals surface area contributed by atoms with Crippen molar-refractivity contribution in [3.05, 3.63) is 64.7 Å². The summed E-state index contributed by atoms with van der Waals surface area (Å²) in [6.45, 7) is 3.86. The van der Waals surface area contributed by atoms with Gasteiger partial charge in [0.05, 0.1) is 0 Å². The van der Waals surface area contributed by atoms with Crippen molar-refractivity contribution in [2.45, 2.75) is 29.6 Å². The fraction of sp³-hybridized carbons (Fsp3) is 0.286. The SMILES string of the molecule is CC(=O)c1ccc2c(c1)C(=C1CCN(C)CC1)c1ccccc1S2. The van der Waals surface area contributed by atoms with E-state index in [2.05, 4.69) is 48.3 Å². The van der Waals surface area contributed by atoms with Crippen molar-refractivity contribution in [2.75, 3.05) is 20.1 Å². The van der Waals surface area contributed by atoms with Gasteiger partial charge in [-0.15, -0.1) is 0 Å². The van der Waals surface area contributed by atoms with E-state index in [9.17, 15) is 4.79 Å². The molecule has 2 aliphatic heterocycles. The molecule has 24 heavy (non-hydrogen) atoms. The zero-order chi connectivity index (χ0) is 16.7. The van der Waals surface area contributed by atoms with Gasteiger partial charge in [0.25, 0.3) is 0 Å². The largest absolute Gasteiger partial charge is 0.306 e. The summed E-state index contributed by atoms with van der Waals surface area (Å²) in [5.74, 6) is 0.134. The maximum absolute atomic E-state index is 11.9. The van der Waals surface area contributed by atoms with E-state index in [1.165, 1.54) is 32.1 Å². The minimum Gasteiger partial charge on any atom is -0.306 e. The third-order valence-electron chi connectivity index (χ3n) is 4.98. The molecule has 2 aliphatic rings. The monoisotopic (exact) mass is 335 g/mol. The van der Waals surface area contributed by atoms with Crippen LogP contribution in [0.3, 0.4) is 0 Å². The van der Waals surface area contributed by atoms with E-state index in [1.54, 1.807) is 6.92 Å². The fourth-order valence-corrected chi connectivity index (χ4v) is 4.65. The summed E-state index contributed by atoms with van der Waals surface area (Å²) in [6.07, 6.45) is 2.21. The maximum atomic E-state index is 11.9. The number of Topliss-reactive ketones (excluding diaryl/α,β-unsaturated/α-hetero) is 1. The Bertz CT molecular complexity index is 843. The molecule has 0 bridgehead atoms. The first-order valence-corrected chi connectivity index (χ1v) is 9.28. The second-order valence-electron chi connectivity index (χ2n) is 6.65. The van der Waals surface area contributed by atoms with Gasteiger partial charge in [-0.1, -0.05) is 41.6 Å². The number of carbonyl (C=O) groups is 1. The molecular formula is C21H21NOS. The predicted molar refractivity (Wildman–Crippen MR) is 99.8 cm³/mol. The van der Waals surface area contributed by atoms with Gasteiger partial charge in [0.15, 0.2) is 5.78 Å². The number of ketones is 1. The lowest BCUT2D eigenvalue weighted by Gasteiger charge is -2.30. The van der Waals surface area contributed by atoms with Crippen LogP contribution in [0.15, 0.2) is 57.8 Å². The first kappa shape index (κ1) is 15.7. The summed E-state index contributed by atoms with van der Waals surface area (Å²) in [6, 6.07) is 14.8. The van der Waals surface area contributed by atoms with Crippen LogP contribution in [0.25, 0.3) is 5.57 Å². The molecule has 1 saturated heterocycles. The van der Waals surface area contributed by atoms with Crippen molar-refractivity contribution >= 4 is 23.1 Å². The highest BCUT2D eigenvalue weighted by molar-refractivity contribution is 7.99. The summed E-state index contributed by atoms with van der Waals surface area (Å²) < 4.78 is 0. The molecule has 2 nitrogen and oxygen atoms in total. The molecule has 0 radical (unpaired) electrons. The Morgan fingerprint density at radius 3 is 2.46 bits per heavy atom. The van der Waals surface area contributed by atoms with Gasteiger partial charge >= 0.3 is 0 Å². The van der Waals surface area contributed by atoms with Gasteiger partial charge in [0, 0.05) is 28.4 Å². The van der Waals surface area contributed by atoms with Crippen molar-refractivity contribution < 1.29 is 4.79 Å². The first-order valence-electron chi connectivity index (χ1n) is 8.46. The Labute approximate surface area is 147 Å². The lowest BCUT2D eigenvalue weighted by molar-refractivity contribution is 0.101. The fourth-order valence-electron chi connectivity index (χ4n) is 3.58. The van der Waals surface area contributed by atoms with Crippen LogP contribution in [0.1, 0.15) is 41.3 Å². The van der Waals surface area contributed by atoms with Crippen molar-refractivity contribution in [1.82, 2.24) is 4.90 Å². The van der Waals surface area contributed by atoms with Crippen LogP contribution in [-0.4, -0.2) is 30.8 Å². The van der Waals surface area contributed by atoms with Crippen LogP contribution in [0.4, 0.5) is 0 Å². The van der Waals surface area contributed by atoms with Gasteiger partial charge in [-0.2, -0.15) is 0 Å². The molecular weight excluding hydrogens is 314 g/mol. The summed E-state index contributed by atoms with van der Waals surface area (Å²) in [5, 5.41) is 0. The minimum atomic E-state index is 0.134. The molecule has 2 heterocycles. The Morgan fingerprint density at radius 1 is 1.00 bits per heavy atom. The molecule has 0 unspecified atom stereocenters. The molecule has 0 amide bonds. The molecule has 0 spiro atoms. The van der Waals surface area contributed by atoms with Crippen LogP contribution in [-0.2, 0) is 0 Å². The number of piperidine rings is 1. The van der Waals surface area contributed by atoms with Gasteiger partial charge in [-0.3, -0.25) is 4.79 Å². The van der Waals surface area contributed by atoms with Gasteiger partial charge in [-0.05, 0) is 61.7 Å². The summed E-state index contributed by atoms with van der Waals surface area (Å²) in [5.41, 5.74) is 6.28. The zero-order valence-corrected chi connectivity index (χ0v) is 15.0. The molecule has 122 valence electrons. The lowest BCUT2D eigenvalue weighted by Crippen LogP contribution is -2.27. The molecule has 0 aromatic heterocycles. The number of hydrogen-bond acceptors (Lipinski definition) is 3. The third-order valence-corrected chi connectivity index (χ3v) is 6.13. The van der Waals surface area contributed by atoms with Gasteiger partial charge in [0.1, 0.15) is 0 Å². The quantitative estimate of drug-likeness (QED) is 0.591. The highest BCUT2D eigenvalue weighted by Crippen LogP contribution is 2.47. The van der Waals surface area contributed by atoms with E-state index in [0.29, 0.717) is 0 Å². The Balaban J connectivity index is 1.93. The minimum absolute atomic E-state index is 0.134. The van der Waals surface area contributed by atoms with Gasteiger partial charge in [0.2, 0.25) is 0 Å². The first-order chi connectivity index (χ1) is 11.6. The lowest BCUT2D eigenvalue weighted by atomic mass is 9.87. The summed E-state index contributed by atoms with van der Waals surface area (Å²) in [7, 11) is 2.19. The average molecular weight is 335 g/mol. The van der Waals surface area contributed by atoms with Crippen molar-refractivity contribution in [3.63, 3.8) is 0 Å². The second-order valence-corrected chi connectivity index (χ2v) is 7.73. The summed E-state index contributed by atoms with van der Waals surface area (Å²) in [4.78, 5) is 16.8. The smallest absolute Gasteiger partial charge is 0.159 e. The Hall–Kier alpha value is -1.84. The molecule has 3 heteroatoms. The van der Waals surface area contributed by atoms with Crippen molar-refractivity contribution in [3.8, 4) is 0 Å². The number of rotatable bonds is 1. The second kappa shape index (κ2) is 6.23. The van der Waals surface area contributed by atoms with Crippen LogP contribution in [0, 0.1) is 0 Å². The molecule has 0 saturated carbocycles. The number of carbonyl (C=O) groups excluding carboxylic acids is 1. The molecule has 4 rings (SSSR count). The predicted octanol–water partition coefficient (Wildman–Crippen LogP) is 4.88. The van der Waals surface area contributed by atoms with Crippen LogP contribution >= 0.6 is 11.8 Å². The number of likely N-dealkylation sites (tertiary alicyclic amines) is 1. The van der Waals surface area contributed by atoms with E-state index in [-0.39, 0.29) is 5.78 Å². The third kappa shape index (κ3) is 2.72. The number of hydrogen-bond donors (Lipinski definition) is 0. The molecule has 0 atom stereocenters. The molecule has 2 aromatic rings. The van der Waals surface area contributed by atoms with E-state index >= 15 is 0 Å². The van der Waals surface area contributed by atoms with Crippen LogP contribution < -0.4 is 0 Å². The normalized spacial score (nSPS) is 17.4. The number of fused-ring (bicyclic) bond motifs is 2. The molecule has 2 aromatic carbocycles. The Morgan fingerprint density at radius 2 is 1.71 bits per heavy atom. The van der Waals surface area contributed by atoms with E-state index in [0.717, 1.165) is 31.5 Å². The van der Waals surface area contributed by atoms with E-state index in [1.807, 2.05) is 17.8 Å². The van der Waals surface area contributed by atoms with Gasteiger partial charge < -0.3 is 4.90 Å². The highest BCUT2D eigenvalue weighted by Gasteiger charge is 2.25. The topological polar surface area (TPSA) is 20.3 Å². The molecule has 0 N–H and O–H groups in total. The van der Waals surface area contributed by atoms with Gasteiger partial charge in [-0.25, -0.2) is 0 Å². The van der Waals surface area contributed by atoms with E-state index < -0.39 is 0 Å². The molecule has 0 aliphatic carbocycles.